The highest BCUT2D eigenvalue weighted by atomic mass is 16.5. The van der Waals surface area contributed by atoms with E-state index in [9.17, 15) is 4.79 Å². The maximum absolute atomic E-state index is 11.5. The lowest BCUT2D eigenvalue weighted by Crippen LogP contribution is -2.18. The summed E-state index contributed by atoms with van der Waals surface area (Å²) in [5.74, 6) is 0.590. The first kappa shape index (κ1) is 23.3. The van der Waals surface area contributed by atoms with Crippen molar-refractivity contribution in [3.63, 3.8) is 0 Å². The Bertz CT molecular complexity index is 761. The van der Waals surface area contributed by atoms with Gasteiger partial charge in [-0.2, -0.15) is 0 Å². The summed E-state index contributed by atoms with van der Waals surface area (Å²) in [4.78, 5) is 11.5. The third-order valence-electron chi connectivity index (χ3n) is 5.96. The van der Waals surface area contributed by atoms with E-state index >= 15 is 0 Å². The van der Waals surface area contributed by atoms with Gasteiger partial charge in [-0.1, -0.05) is 56.4 Å². The summed E-state index contributed by atoms with van der Waals surface area (Å²) >= 11 is 0. The van der Waals surface area contributed by atoms with E-state index in [4.69, 9.17) is 14.2 Å². The number of ether oxygens (including phenoxy) is 3. The van der Waals surface area contributed by atoms with Crippen molar-refractivity contribution in [1.82, 2.24) is 0 Å². The molecule has 0 amide bonds. The Balaban J connectivity index is 1.26. The van der Waals surface area contributed by atoms with Gasteiger partial charge in [-0.3, -0.25) is 0 Å². The minimum Gasteiger partial charge on any atom is -0.494 e. The van der Waals surface area contributed by atoms with Crippen molar-refractivity contribution in [2.75, 3.05) is 20.3 Å². The van der Waals surface area contributed by atoms with E-state index in [1.165, 1.54) is 64.9 Å². The molecular formula is C27H36O4. The van der Waals surface area contributed by atoms with Crippen LogP contribution in [0.4, 0.5) is 0 Å². The second-order valence-electron chi connectivity index (χ2n) is 8.34. The molecule has 1 atom stereocenters. The van der Waals surface area contributed by atoms with E-state index in [-0.39, 0.29) is 5.97 Å². The number of carbonyl (C=O) groups excluding carboxylic acids is 1. The smallest absolute Gasteiger partial charge is 0.337 e. The lowest BCUT2D eigenvalue weighted by atomic mass is 10.0. The van der Waals surface area contributed by atoms with E-state index < -0.39 is 0 Å². The summed E-state index contributed by atoms with van der Waals surface area (Å²) in [6.07, 6.45) is 13.2. The van der Waals surface area contributed by atoms with Crippen molar-refractivity contribution < 1.29 is 19.0 Å². The topological polar surface area (TPSA) is 44.8 Å². The summed E-state index contributed by atoms with van der Waals surface area (Å²) in [6, 6.07) is 15.6. The van der Waals surface area contributed by atoms with Gasteiger partial charge < -0.3 is 14.2 Å². The standard InChI is InChI=1S/C27H36O4/c1-29-27(28)24-14-12-22(13-15-24)23-16-18-26(19-17-23)31-20-8-5-3-2-4-6-10-25-11-7-9-21-30-25/h12-19,25H,2-11,20-21H2,1H3. The molecular weight excluding hydrogens is 388 g/mol. The molecule has 0 bridgehead atoms. The molecule has 4 nitrogen and oxygen atoms in total. The van der Waals surface area contributed by atoms with Crippen molar-refractivity contribution in [1.29, 1.82) is 0 Å². The summed E-state index contributed by atoms with van der Waals surface area (Å²) in [7, 11) is 1.39. The van der Waals surface area contributed by atoms with Crippen LogP contribution < -0.4 is 4.74 Å². The minimum atomic E-state index is -0.315. The molecule has 168 valence electrons. The van der Waals surface area contributed by atoms with Gasteiger partial charge >= 0.3 is 5.97 Å². The van der Waals surface area contributed by atoms with Crippen molar-refractivity contribution in [3.8, 4) is 16.9 Å². The lowest BCUT2D eigenvalue weighted by molar-refractivity contribution is 0.00976. The van der Waals surface area contributed by atoms with E-state index in [2.05, 4.69) is 12.1 Å². The van der Waals surface area contributed by atoms with Crippen LogP contribution >= 0.6 is 0 Å². The zero-order valence-corrected chi connectivity index (χ0v) is 18.8. The minimum absolute atomic E-state index is 0.315. The zero-order valence-electron chi connectivity index (χ0n) is 18.8. The van der Waals surface area contributed by atoms with Crippen LogP contribution in [-0.4, -0.2) is 32.4 Å². The Morgan fingerprint density at radius 1 is 0.871 bits per heavy atom. The van der Waals surface area contributed by atoms with Crippen LogP contribution in [0.5, 0.6) is 5.75 Å². The molecule has 1 fully saturated rings. The van der Waals surface area contributed by atoms with Crippen LogP contribution in [0.2, 0.25) is 0 Å². The first-order chi connectivity index (χ1) is 15.3. The molecule has 4 heteroatoms. The number of carbonyl (C=O) groups is 1. The Kier molecular flexibility index (Phi) is 9.91. The molecule has 3 rings (SSSR count). The highest BCUT2D eigenvalue weighted by Crippen LogP contribution is 2.23. The third kappa shape index (κ3) is 8.02. The van der Waals surface area contributed by atoms with Gasteiger partial charge in [0.05, 0.1) is 25.4 Å². The molecule has 0 aromatic heterocycles. The summed E-state index contributed by atoms with van der Waals surface area (Å²) in [6.45, 7) is 1.74. The predicted molar refractivity (Wildman–Crippen MR) is 125 cm³/mol. The molecule has 1 unspecified atom stereocenters. The fourth-order valence-electron chi connectivity index (χ4n) is 4.07. The Morgan fingerprint density at radius 3 is 2.16 bits per heavy atom. The highest BCUT2D eigenvalue weighted by Gasteiger charge is 2.12. The van der Waals surface area contributed by atoms with Gasteiger partial charge in [0.1, 0.15) is 5.75 Å². The van der Waals surface area contributed by atoms with Crippen LogP contribution in [0.25, 0.3) is 11.1 Å². The molecule has 1 heterocycles. The Labute approximate surface area is 186 Å². The maximum Gasteiger partial charge on any atom is 0.337 e. The predicted octanol–water partition coefficient (Wildman–Crippen LogP) is 6.82. The average molecular weight is 425 g/mol. The zero-order chi connectivity index (χ0) is 21.7. The molecule has 0 N–H and O–H groups in total. The monoisotopic (exact) mass is 424 g/mol. The average Bonchev–Trinajstić information content (AvgIpc) is 2.83. The number of methoxy groups -OCH3 is 1. The first-order valence-electron chi connectivity index (χ1n) is 11.8. The maximum atomic E-state index is 11.5. The molecule has 0 saturated carbocycles. The summed E-state index contributed by atoms with van der Waals surface area (Å²) in [5, 5.41) is 0. The Hall–Kier alpha value is -2.33. The molecule has 0 spiro atoms. The molecule has 1 aliphatic heterocycles. The van der Waals surface area contributed by atoms with Gasteiger partial charge in [0.25, 0.3) is 0 Å². The van der Waals surface area contributed by atoms with Crippen molar-refractivity contribution in [2.24, 2.45) is 0 Å². The number of hydrogen-bond acceptors (Lipinski definition) is 4. The normalized spacial score (nSPS) is 16.1. The lowest BCUT2D eigenvalue weighted by Gasteiger charge is -2.22. The molecule has 0 radical (unpaired) electrons. The van der Waals surface area contributed by atoms with Gasteiger partial charge in [0.15, 0.2) is 0 Å². The van der Waals surface area contributed by atoms with Gasteiger partial charge in [-0.25, -0.2) is 4.79 Å². The van der Waals surface area contributed by atoms with Gasteiger partial charge in [0, 0.05) is 6.61 Å². The fourth-order valence-corrected chi connectivity index (χ4v) is 4.07. The van der Waals surface area contributed by atoms with Crippen LogP contribution in [0.3, 0.4) is 0 Å². The molecule has 1 aliphatic rings. The van der Waals surface area contributed by atoms with Gasteiger partial charge in [-0.15, -0.1) is 0 Å². The molecule has 2 aromatic rings. The molecule has 1 saturated heterocycles. The van der Waals surface area contributed by atoms with E-state index in [0.717, 1.165) is 36.5 Å². The van der Waals surface area contributed by atoms with Gasteiger partial charge in [-0.05, 0) is 67.5 Å². The van der Waals surface area contributed by atoms with E-state index in [1.54, 1.807) is 12.1 Å². The largest absolute Gasteiger partial charge is 0.494 e. The van der Waals surface area contributed by atoms with E-state index in [1.807, 2.05) is 24.3 Å². The number of unbranched alkanes of at least 4 members (excludes halogenated alkanes) is 5. The summed E-state index contributed by atoms with van der Waals surface area (Å²) in [5.41, 5.74) is 2.72. The van der Waals surface area contributed by atoms with Crippen LogP contribution in [0.1, 0.15) is 74.6 Å². The van der Waals surface area contributed by atoms with Crippen molar-refractivity contribution in [3.05, 3.63) is 54.1 Å². The Morgan fingerprint density at radius 2 is 1.52 bits per heavy atom. The fraction of sp³-hybridized carbons (Fsp3) is 0.519. The third-order valence-corrected chi connectivity index (χ3v) is 5.96. The molecule has 31 heavy (non-hydrogen) atoms. The number of esters is 1. The molecule has 0 aliphatic carbocycles. The molecule has 2 aromatic carbocycles. The first-order valence-corrected chi connectivity index (χ1v) is 11.8. The second kappa shape index (κ2) is 13.2. The number of hydrogen-bond donors (Lipinski definition) is 0. The number of benzene rings is 2. The van der Waals surface area contributed by atoms with Crippen LogP contribution in [0.15, 0.2) is 48.5 Å². The second-order valence-corrected chi connectivity index (χ2v) is 8.34. The SMILES string of the molecule is COC(=O)c1ccc(-c2ccc(OCCCCCCCCC3CCCCO3)cc2)cc1. The summed E-state index contributed by atoms with van der Waals surface area (Å²) < 4.78 is 16.4. The van der Waals surface area contributed by atoms with Crippen LogP contribution in [-0.2, 0) is 9.47 Å². The van der Waals surface area contributed by atoms with Crippen molar-refractivity contribution >= 4 is 5.97 Å². The highest BCUT2D eigenvalue weighted by molar-refractivity contribution is 5.89. The van der Waals surface area contributed by atoms with Gasteiger partial charge in [0.2, 0.25) is 0 Å². The number of rotatable bonds is 12. The quantitative estimate of drug-likeness (QED) is 0.277. The van der Waals surface area contributed by atoms with Crippen molar-refractivity contribution in [2.45, 2.75) is 70.3 Å². The van der Waals surface area contributed by atoms with Crippen LogP contribution in [0, 0.1) is 0 Å². The van der Waals surface area contributed by atoms with E-state index in [0.29, 0.717) is 11.7 Å².